The van der Waals surface area contributed by atoms with Crippen LogP contribution in [0.4, 0.5) is 0 Å². The second-order valence-corrected chi connectivity index (χ2v) is 4.11. The molecule has 1 aromatic rings. The molecule has 1 saturated carbocycles. The molecule has 0 amide bonds. The molecular formula is C12H17NO. The van der Waals surface area contributed by atoms with Crippen molar-refractivity contribution in [3.8, 4) is 0 Å². The maximum Gasteiger partial charge on any atom is 0.0696 e. The smallest absolute Gasteiger partial charge is 0.0696 e. The van der Waals surface area contributed by atoms with Crippen molar-refractivity contribution in [1.82, 2.24) is 4.90 Å². The van der Waals surface area contributed by atoms with Crippen molar-refractivity contribution >= 4 is 0 Å². The molecule has 1 aliphatic carbocycles. The number of benzene rings is 1. The Bertz CT molecular complexity index is 286. The fourth-order valence-electron chi connectivity index (χ4n) is 1.97. The van der Waals surface area contributed by atoms with Crippen LogP contribution in [-0.2, 0) is 6.54 Å². The van der Waals surface area contributed by atoms with Gasteiger partial charge >= 0.3 is 0 Å². The summed E-state index contributed by atoms with van der Waals surface area (Å²) in [5.74, 6) is 0. The number of hydrogen-bond donors (Lipinski definition) is 1. The van der Waals surface area contributed by atoms with Crippen molar-refractivity contribution in [3.63, 3.8) is 0 Å². The van der Waals surface area contributed by atoms with Crippen LogP contribution >= 0.6 is 0 Å². The van der Waals surface area contributed by atoms with E-state index in [1.807, 2.05) is 6.07 Å². The first-order valence-electron chi connectivity index (χ1n) is 5.19. The van der Waals surface area contributed by atoms with Crippen molar-refractivity contribution in [1.29, 1.82) is 0 Å². The van der Waals surface area contributed by atoms with Gasteiger partial charge < -0.3 is 5.11 Å². The van der Waals surface area contributed by atoms with Crippen LogP contribution in [0.15, 0.2) is 30.3 Å². The van der Waals surface area contributed by atoms with Gasteiger partial charge in [0.25, 0.3) is 0 Å². The quantitative estimate of drug-likeness (QED) is 0.785. The molecule has 0 saturated heterocycles. The largest absolute Gasteiger partial charge is 0.391 e. The zero-order valence-electron chi connectivity index (χ0n) is 8.56. The molecule has 1 aromatic carbocycles. The SMILES string of the molecule is CN(Cc1ccccc1)[C@@H]1CC[C@H]1O. The molecule has 2 heteroatoms. The van der Waals surface area contributed by atoms with Crippen molar-refractivity contribution in [2.24, 2.45) is 0 Å². The Morgan fingerprint density at radius 2 is 2.00 bits per heavy atom. The van der Waals surface area contributed by atoms with Crippen LogP contribution in [0.25, 0.3) is 0 Å². The lowest BCUT2D eigenvalue weighted by atomic mass is 9.88. The van der Waals surface area contributed by atoms with E-state index in [9.17, 15) is 5.11 Å². The Kier molecular flexibility index (Phi) is 2.85. The van der Waals surface area contributed by atoms with Gasteiger partial charge in [-0.2, -0.15) is 0 Å². The molecule has 76 valence electrons. The Hall–Kier alpha value is -0.860. The van der Waals surface area contributed by atoms with Gasteiger partial charge in [-0.3, -0.25) is 4.90 Å². The lowest BCUT2D eigenvalue weighted by Gasteiger charge is -2.39. The van der Waals surface area contributed by atoms with Gasteiger partial charge in [0.2, 0.25) is 0 Å². The second-order valence-electron chi connectivity index (χ2n) is 4.11. The lowest BCUT2D eigenvalue weighted by molar-refractivity contribution is -0.0130. The third-order valence-electron chi connectivity index (χ3n) is 3.04. The summed E-state index contributed by atoms with van der Waals surface area (Å²) >= 11 is 0. The van der Waals surface area contributed by atoms with Crippen molar-refractivity contribution in [2.75, 3.05) is 7.05 Å². The van der Waals surface area contributed by atoms with E-state index in [0.29, 0.717) is 6.04 Å². The molecule has 0 spiro atoms. The summed E-state index contributed by atoms with van der Waals surface area (Å²) in [4.78, 5) is 2.24. The number of hydrogen-bond acceptors (Lipinski definition) is 2. The highest BCUT2D eigenvalue weighted by Crippen LogP contribution is 2.25. The molecule has 0 heterocycles. The molecule has 1 aliphatic rings. The molecular weight excluding hydrogens is 174 g/mol. The summed E-state index contributed by atoms with van der Waals surface area (Å²) in [5, 5.41) is 9.51. The zero-order valence-corrected chi connectivity index (χ0v) is 8.56. The fourth-order valence-corrected chi connectivity index (χ4v) is 1.97. The summed E-state index contributed by atoms with van der Waals surface area (Å²) in [6.45, 7) is 0.933. The minimum Gasteiger partial charge on any atom is -0.391 e. The highest BCUT2D eigenvalue weighted by atomic mass is 16.3. The molecule has 0 unspecified atom stereocenters. The van der Waals surface area contributed by atoms with Gasteiger partial charge in [0.1, 0.15) is 0 Å². The molecule has 1 fully saturated rings. The minimum absolute atomic E-state index is 0.108. The summed E-state index contributed by atoms with van der Waals surface area (Å²) in [5.41, 5.74) is 1.31. The zero-order chi connectivity index (χ0) is 9.97. The highest BCUT2D eigenvalue weighted by Gasteiger charge is 2.31. The van der Waals surface area contributed by atoms with Crippen LogP contribution in [0.5, 0.6) is 0 Å². The molecule has 0 aliphatic heterocycles. The van der Waals surface area contributed by atoms with E-state index >= 15 is 0 Å². The fraction of sp³-hybridized carbons (Fsp3) is 0.500. The van der Waals surface area contributed by atoms with E-state index in [-0.39, 0.29) is 6.10 Å². The average molecular weight is 191 g/mol. The average Bonchev–Trinajstić information content (AvgIpc) is 2.17. The predicted molar refractivity (Wildman–Crippen MR) is 56.9 cm³/mol. The summed E-state index contributed by atoms with van der Waals surface area (Å²) in [6, 6.07) is 10.8. The van der Waals surface area contributed by atoms with Crippen LogP contribution in [-0.4, -0.2) is 29.2 Å². The van der Waals surface area contributed by atoms with E-state index < -0.39 is 0 Å². The maximum atomic E-state index is 9.51. The molecule has 2 nitrogen and oxygen atoms in total. The van der Waals surface area contributed by atoms with Crippen LogP contribution in [0, 0.1) is 0 Å². The molecule has 0 radical (unpaired) electrons. The Labute approximate surface area is 85.2 Å². The monoisotopic (exact) mass is 191 g/mol. The molecule has 2 rings (SSSR count). The van der Waals surface area contributed by atoms with E-state index in [0.717, 1.165) is 19.4 Å². The first kappa shape index (κ1) is 9.69. The molecule has 1 N–H and O–H groups in total. The van der Waals surface area contributed by atoms with Gasteiger partial charge in [-0.25, -0.2) is 0 Å². The van der Waals surface area contributed by atoms with Gasteiger partial charge in [0.15, 0.2) is 0 Å². The third kappa shape index (κ3) is 1.97. The van der Waals surface area contributed by atoms with Crippen LogP contribution in [0.3, 0.4) is 0 Å². The third-order valence-corrected chi connectivity index (χ3v) is 3.04. The first-order chi connectivity index (χ1) is 6.77. The maximum absolute atomic E-state index is 9.51. The Balaban J connectivity index is 1.91. The Morgan fingerprint density at radius 1 is 1.29 bits per heavy atom. The predicted octanol–water partition coefficient (Wildman–Crippen LogP) is 1.64. The van der Waals surface area contributed by atoms with Gasteiger partial charge in [-0.1, -0.05) is 30.3 Å². The number of aliphatic hydroxyl groups excluding tert-OH is 1. The highest BCUT2D eigenvalue weighted by molar-refractivity contribution is 5.14. The summed E-state index contributed by atoms with van der Waals surface area (Å²) < 4.78 is 0. The van der Waals surface area contributed by atoms with E-state index in [2.05, 4.69) is 36.2 Å². The van der Waals surface area contributed by atoms with Gasteiger partial charge in [-0.15, -0.1) is 0 Å². The number of nitrogens with zero attached hydrogens (tertiary/aromatic N) is 1. The van der Waals surface area contributed by atoms with Crippen LogP contribution in [0.2, 0.25) is 0 Å². The topological polar surface area (TPSA) is 23.5 Å². The Morgan fingerprint density at radius 3 is 2.50 bits per heavy atom. The normalized spacial score (nSPS) is 26.2. The second kappa shape index (κ2) is 4.11. The van der Waals surface area contributed by atoms with E-state index in [1.165, 1.54) is 5.56 Å². The molecule has 0 aromatic heterocycles. The lowest BCUT2D eigenvalue weighted by Crippen LogP contribution is -2.48. The van der Waals surface area contributed by atoms with E-state index in [4.69, 9.17) is 0 Å². The van der Waals surface area contributed by atoms with Gasteiger partial charge in [-0.05, 0) is 25.5 Å². The van der Waals surface area contributed by atoms with Crippen LogP contribution < -0.4 is 0 Å². The molecule has 14 heavy (non-hydrogen) atoms. The van der Waals surface area contributed by atoms with Gasteiger partial charge in [0.05, 0.1) is 6.10 Å². The molecule has 2 atom stereocenters. The number of likely N-dealkylation sites (N-methyl/N-ethyl adjacent to an activating group) is 1. The summed E-state index contributed by atoms with van der Waals surface area (Å²) in [7, 11) is 2.08. The standard InChI is InChI=1S/C12H17NO/c1-13(11-7-8-12(11)14)9-10-5-3-2-4-6-10/h2-6,11-12,14H,7-9H2,1H3/t11-,12-/m1/s1. The van der Waals surface area contributed by atoms with Crippen molar-refractivity contribution in [3.05, 3.63) is 35.9 Å². The minimum atomic E-state index is -0.108. The molecule has 0 bridgehead atoms. The first-order valence-corrected chi connectivity index (χ1v) is 5.19. The van der Waals surface area contributed by atoms with Crippen LogP contribution in [0.1, 0.15) is 18.4 Å². The van der Waals surface area contributed by atoms with E-state index in [1.54, 1.807) is 0 Å². The number of rotatable bonds is 3. The number of aliphatic hydroxyl groups is 1. The summed E-state index contributed by atoms with van der Waals surface area (Å²) in [6.07, 6.45) is 1.98. The van der Waals surface area contributed by atoms with Crippen molar-refractivity contribution < 1.29 is 5.11 Å². The van der Waals surface area contributed by atoms with Gasteiger partial charge in [0, 0.05) is 12.6 Å². The van der Waals surface area contributed by atoms with Crippen molar-refractivity contribution in [2.45, 2.75) is 31.5 Å².